The second-order valence-electron chi connectivity index (χ2n) is 4.93. The van der Waals surface area contributed by atoms with Crippen molar-refractivity contribution in [3.05, 3.63) is 53.6 Å². The van der Waals surface area contributed by atoms with Crippen molar-refractivity contribution in [3.63, 3.8) is 0 Å². The highest BCUT2D eigenvalue weighted by Crippen LogP contribution is 2.23. The first kappa shape index (κ1) is 14.8. The van der Waals surface area contributed by atoms with Gasteiger partial charge in [-0.3, -0.25) is 9.78 Å². The molecular weight excluding hydrogens is 264 g/mol. The molecule has 2 rings (SSSR count). The smallest absolute Gasteiger partial charge is 0.270 e. The Hall–Kier alpha value is -2.61. The van der Waals surface area contributed by atoms with Crippen LogP contribution >= 0.6 is 0 Å². The number of rotatable bonds is 4. The number of hydrogen-bond acceptors (Lipinski definition) is 3. The van der Waals surface area contributed by atoms with E-state index in [1.807, 2.05) is 25.1 Å². The third-order valence-electron chi connectivity index (χ3n) is 3.56. The van der Waals surface area contributed by atoms with Crippen LogP contribution in [0.4, 0.5) is 0 Å². The molecule has 0 bridgehead atoms. The second kappa shape index (κ2) is 6.23. The van der Waals surface area contributed by atoms with Crippen LogP contribution in [0.1, 0.15) is 41.1 Å². The highest BCUT2D eigenvalue weighted by atomic mass is 16.2. The summed E-state index contributed by atoms with van der Waals surface area (Å²) in [6.07, 6.45) is 4.16. The topological polar surface area (TPSA) is 61.9 Å². The number of carbonyl (C=O) groups is 1. The molecule has 0 aromatic carbocycles. The minimum Gasteiger partial charge on any atom is -0.345 e. The number of nitrogens with zero attached hydrogens (tertiary/aromatic N) is 4. The number of aromatic nitrogens is 2. The Morgan fingerprint density at radius 1 is 1.52 bits per heavy atom. The van der Waals surface area contributed by atoms with Gasteiger partial charge in [-0.05, 0) is 24.6 Å². The van der Waals surface area contributed by atoms with Crippen molar-refractivity contribution in [1.29, 1.82) is 5.26 Å². The average molecular weight is 282 g/mol. The van der Waals surface area contributed by atoms with Crippen molar-refractivity contribution >= 4 is 5.91 Å². The van der Waals surface area contributed by atoms with Gasteiger partial charge in [-0.25, -0.2) is 0 Å². The van der Waals surface area contributed by atoms with Crippen molar-refractivity contribution in [2.45, 2.75) is 19.4 Å². The minimum atomic E-state index is -0.114. The molecule has 0 aliphatic carbocycles. The third kappa shape index (κ3) is 2.95. The molecule has 108 valence electrons. The Bertz CT molecular complexity index is 669. The number of aryl methyl sites for hydroxylation is 1. The molecule has 1 unspecified atom stereocenters. The maximum atomic E-state index is 12.6. The monoisotopic (exact) mass is 282 g/mol. The summed E-state index contributed by atoms with van der Waals surface area (Å²) in [6, 6.07) is 9.28. The molecule has 21 heavy (non-hydrogen) atoms. The molecule has 2 heterocycles. The molecule has 0 aliphatic heterocycles. The van der Waals surface area contributed by atoms with Crippen molar-refractivity contribution in [2.75, 3.05) is 7.05 Å². The second-order valence-corrected chi connectivity index (χ2v) is 4.93. The Kier molecular flexibility index (Phi) is 4.39. The maximum absolute atomic E-state index is 12.6. The summed E-state index contributed by atoms with van der Waals surface area (Å²) < 4.78 is 1.68. The van der Waals surface area contributed by atoms with Crippen molar-refractivity contribution in [2.24, 2.45) is 7.05 Å². The maximum Gasteiger partial charge on any atom is 0.270 e. The Morgan fingerprint density at radius 3 is 2.81 bits per heavy atom. The van der Waals surface area contributed by atoms with E-state index in [9.17, 15) is 4.79 Å². The van der Waals surface area contributed by atoms with E-state index in [0.717, 1.165) is 12.1 Å². The van der Waals surface area contributed by atoms with Crippen LogP contribution in [0.2, 0.25) is 0 Å². The molecule has 5 heteroatoms. The van der Waals surface area contributed by atoms with Gasteiger partial charge in [-0.1, -0.05) is 13.0 Å². The van der Waals surface area contributed by atoms with Gasteiger partial charge in [-0.2, -0.15) is 5.26 Å². The molecule has 0 fully saturated rings. The summed E-state index contributed by atoms with van der Waals surface area (Å²) in [4.78, 5) is 18.7. The first-order valence-corrected chi connectivity index (χ1v) is 6.83. The molecule has 0 radical (unpaired) electrons. The summed E-state index contributed by atoms with van der Waals surface area (Å²) >= 11 is 0. The Balaban J connectivity index is 2.29. The van der Waals surface area contributed by atoms with Crippen LogP contribution in [-0.4, -0.2) is 27.4 Å². The third-order valence-corrected chi connectivity index (χ3v) is 3.56. The van der Waals surface area contributed by atoms with Gasteiger partial charge >= 0.3 is 0 Å². The molecule has 0 spiro atoms. The van der Waals surface area contributed by atoms with Crippen LogP contribution in [0.5, 0.6) is 0 Å². The van der Waals surface area contributed by atoms with Gasteiger partial charge < -0.3 is 9.47 Å². The van der Waals surface area contributed by atoms with Crippen LogP contribution in [0, 0.1) is 11.3 Å². The van der Waals surface area contributed by atoms with Crippen LogP contribution < -0.4 is 0 Å². The zero-order valence-electron chi connectivity index (χ0n) is 12.4. The van der Waals surface area contributed by atoms with E-state index in [4.69, 9.17) is 5.26 Å². The Morgan fingerprint density at radius 2 is 2.29 bits per heavy atom. The normalized spacial score (nSPS) is 11.7. The summed E-state index contributed by atoms with van der Waals surface area (Å²) in [7, 11) is 3.54. The van der Waals surface area contributed by atoms with Crippen molar-refractivity contribution in [1.82, 2.24) is 14.5 Å². The highest BCUT2D eigenvalue weighted by molar-refractivity contribution is 5.93. The number of nitriles is 1. The molecule has 1 amide bonds. The standard InChI is InChI=1S/C16H18N4O/c1-4-14(13-7-5-6-8-18-13)20(3)16(21)15-9-12(10-17)11-19(15)2/h5-9,11,14H,4H2,1-3H3. The van der Waals surface area contributed by atoms with Gasteiger partial charge in [0.25, 0.3) is 5.91 Å². The lowest BCUT2D eigenvalue weighted by atomic mass is 10.1. The number of pyridine rings is 1. The van der Waals surface area contributed by atoms with Gasteiger partial charge in [-0.15, -0.1) is 0 Å². The van der Waals surface area contributed by atoms with Gasteiger partial charge in [0.05, 0.1) is 17.3 Å². The first-order valence-electron chi connectivity index (χ1n) is 6.83. The number of hydrogen-bond donors (Lipinski definition) is 0. The van der Waals surface area contributed by atoms with Gasteiger partial charge in [0.2, 0.25) is 0 Å². The molecule has 0 N–H and O–H groups in total. The van der Waals surface area contributed by atoms with Gasteiger partial charge in [0.1, 0.15) is 11.8 Å². The van der Waals surface area contributed by atoms with Crippen LogP contribution in [0.3, 0.4) is 0 Å². The quantitative estimate of drug-likeness (QED) is 0.865. The summed E-state index contributed by atoms with van der Waals surface area (Å²) in [5.74, 6) is -0.114. The lowest BCUT2D eigenvalue weighted by Gasteiger charge is -2.27. The number of carbonyl (C=O) groups excluding carboxylic acids is 1. The van der Waals surface area contributed by atoms with Crippen LogP contribution in [0.25, 0.3) is 0 Å². The predicted octanol–water partition coefficient (Wildman–Crippen LogP) is 2.52. The zero-order chi connectivity index (χ0) is 15.4. The predicted molar refractivity (Wildman–Crippen MR) is 79.5 cm³/mol. The molecule has 0 saturated heterocycles. The first-order chi connectivity index (χ1) is 10.1. The molecular formula is C16H18N4O. The van der Waals surface area contributed by atoms with E-state index in [2.05, 4.69) is 11.1 Å². The van der Waals surface area contributed by atoms with Crippen LogP contribution in [-0.2, 0) is 7.05 Å². The summed E-state index contributed by atoms with van der Waals surface area (Å²) in [5, 5.41) is 8.93. The fraction of sp³-hybridized carbons (Fsp3) is 0.312. The van der Waals surface area contributed by atoms with Crippen LogP contribution in [0.15, 0.2) is 36.7 Å². The fourth-order valence-corrected chi connectivity index (χ4v) is 2.42. The van der Waals surface area contributed by atoms with E-state index >= 15 is 0 Å². The molecule has 2 aromatic heterocycles. The molecule has 5 nitrogen and oxygen atoms in total. The molecule has 2 aromatic rings. The minimum absolute atomic E-state index is 0.0841. The average Bonchev–Trinajstić information content (AvgIpc) is 2.89. The van der Waals surface area contributed by atoms with Gasteiger partial charge in [0, 0.05) is 26.5 Å². The number of amides is 1. The van der Waals surface area contributed by atoms with E-state index in [0.29, 0.717) is 11.3 Å². The van der Waals surface area contributed by atoms with Crippen molar-refractivity contribution in [3.8, 4) is 6.07 Å². The fourth-order valence-electron chi connectivity index (χ4n) is 2.42. The molecule has 0 saturated carbocycles. The van der Waals surface area contributed by atoms with E-state index in [-0.39, 0.29) is 11.9 Å². The van der Waals surface area contributed by atoms with Gasteiger partial charge in [0.15, 0.2) is 0 Å². The van der Waals surface area contributed by atoms with E-state index in [1.54, 1.807) is 42.0 Å². The SMILES string of the molecule is CCC(c1ccccn1)N(C)C(=O)c1cc(C#N)cn1C. The summed E-state index contributed by atoms with van der Waals surface area (Å²) in [6.45, 7) is 2.02. The highest BCUT2D eigenvalue weighted by Gasteiger charge is 2.24. The molecule has 0 aliphatic rings. The van der Waals surface area contributed by atoms with E-state index in [1.165, 1.54) is 0 Å². The largest absolute Gasteiger partial charge is 0.345 e. The van der Waals surface area contributed by atoms with Crippen molar-refractivity contribution < 1.29 is 4.79 Å². The Labute approximate surface area is 124 Å². The summed E-state index contributed by atoms with van der Waals surface area (Å²) in [5.41, 5.74) is 1.86. The lowest BCUT2D eigenvalue weighted by Crippen LogP contribution is -2.32. The zero-order valence-corrected chi connectivity index (χ0v) is 12.4. The lowest BCUT2D eigenvalue weighted by molar-refractivity contribution is 0.0713. The molecule has 1 atom stereocenters. The van der Waals surface area contributed by atoms with E-state index < -0.39 is 0 Å².